The summed E-state index contributed by atoms with van der Waals surface area (Å²) in [5.74, 6) is -0.844. The first-order valence-electron chi connectivity index (χ1n) is 5.37. The minimum atomic E-state index is -0.433. The fourth-order valence-electron chi connectivity index (χ4n) is 1.97. The van der Waals surface area contributed by atoms with E-state index in [1.165, 1.54) is 24.5 Å². The number of nitrogens with zero attached hydrogens (tertiary/aromatic N) is 2. The first kappa shape index (κ1) is 12.1. The Kier molecular flexibility index (Phi) is 2.77. The predicted octanol–water partition coefficient (Wildman–Crippen LogP) is 3.19. The molecule has 0 bridgehead atoms. The van der Waals surface area contributed by atoms with Crippen molar-refractivity contribution in [3.8, 4) is 0 Å². The van der Waals surface area contributed by atoms with Gasteiger partial charge < -0.3 is 0 Å². The molecule has 2 aromatic rings. The molecule has 94 valence electrons. The number of carbonyl (C=O) groups is 2. The Morgan fingerprint density at radius 3 is 2.42 bits per heavy atom. The molecule has 0 saturated heterocycles. The molecule has 3 rings (SSSR count). The fraction of sp³-hybridized carbons (Fsp3) is 0. The second kappa shape index (κ2) is 4.33. The van der Waals surface area contributed by atoms with Crippen LogP contribution in [0.4, 0.5) is 5.69 Å². The number of anilines is 1. The number of benzene rings is 1. The van der Waals surface area contributed by atoms with Crippen LogP contribution in [-0.2, 0) is 0 Å². The van der Waals surface area contributed by atoms with Gasteiger partial charge in [0.05, 0.1) is 21.8 Å². The molecule has 1 aliphatic heterocycles. The van der Waals surface area contributed by atoms with Gasteiger partial charge in [0.1, 0.15) is 0 Å². The van der Waals surface area contributed by atoms with Gasteiger partial charge >= 0.3 is 0 Å². The third kappa shape index (κ3) is 1.80. The van der Waals surface area contributed by atoms with Crippen molar-refractivity contribution in [3.05, 3.63) is 57.8 Å². The van der Waals surface area contributed by atoms with Crippen LogP contribution in [0.3, 0.4) is 0 Å². The molecule has 0 aliphatic carbocycles. The van der Waals surface area contributed by atoms with E-state index in [2.05, 4.69) is 4.98 Å². The molecule has 0 unspecified atom stereocenters. The Hall–Kier alpha value is -1.91. The zero-order chi connectivity index (χ0) is 13.6. The van der Waals surface area contributed by atoms with Crippen LogP contribution in [0, 0.1) is 0 Å². The fourth-order valence-corrected chi connectivity index (χ4v) is 2.46. The van der Waals surface area contributed by atoms with Gasteiger partial charge in [-0.3, -0.25) is 14.6 Å². The summed E-state index contributed by atoms with van der Waals surface area (Å²) in [7, 11) is 0. The summed E-state index contributed by atoms with van der Waals surface area (Å²) in [6.45, 7) is 0. The highest BCUT2D eigenvalue weighted by molar-refractivity contribution is 6.41. The lowest BCUT2D eigenvalue weighted by molar-refractivity contribution is 0.0926. The lowest BCUT2D eigenvalue weighted by atomic mass is 10.2. The molecular weight excluding hydrogens is 287 g/mol. The number of pyridine rings is 1. The molecule has 1 aliphatic rings. The first-order valence-corrected chi connectivity index (χ1v) is 6.13. The molecule has 0 fully saturated rings. The molecule has 0 N–H and O–H groups in total. The van der Waals surface area contributed by atoms with E-state index in [1.807, 2.05) is 0 Å². The maximum Gasteiger partial charge on any atom is 0.267 e. The van der Waals surface area contributed by atoms with Gasteiger partial charge in [0, 0.05) is 17.4 Å². The molecule has 2 heterocycles. The number of imide groups is 1. The highest BCUT2D eigenvalue weighted by atomic mass is 35.5. The average Bonchev–Trinajstić information content (AvgIpc) is 2.64. The minimum Gasteiger partial charge on any atom is -0.268 e. The van der Waals surface area contributed by atoms with E-state index in [-0.39, 0.29) is 10.6 Å². The normalized spacial score (nSPS) is 13.9. The summed E-state index contributed by atoms with van der Waals surface area (Å²) in [5, 5.41) is 0.682. The molecule has 19 heavy (non-hydrogen) atoms. The lowest BCUT2D eigenvalue weighted by Crippen LogP contribution is -2.29. The molecule has 0 saturated carbocycles. The third-order valence-corrected chi connectivity index (χ3v) is 3.38. The predicted molar refractivity (Wildman–Crippen MR) is 71.8 cm³/mol. The molecule has 1 aromatic heterocycles. The number of hydrogen-bond acceptors (Lipinski definition) is 3. The quantitative estimate of drug-likeness (QED) is 0.759. The van der Waals surface area contributed by atoms with Gasteiger partial charge in [-0.2, -0.15) is 0 Å². The maximum absolute atomic E-state index is 12.2. The summed E-state index contributed by atoms with van der Waals surface area (Å²) in [6, 6.07) is 6.12. The number of amides is 2. The van der Waals surface area contributed by atoms with Crippen LogP contribution in [0.15, 0.2) is 36.7 Å². The van der Waals surface area contributed by atoms with Gasteiger partial charge in [0.15, 0.2) is 0 Å². The molecule has 2 amide bonds. The topological polar surface area (TPSA) is 50.3 Å². The van der Waals surface area contributed by atoms with E-state index < -0.39 is 11.8 Å². The standard InChI is InChI=1S/C13H6Cl2N2O2/c14-7-1-2-11(10(15)5-7)17-12(18)8-3-4-16-6-9(8)13(17)19/h1-6H. The number of hydrogen-bond donors (Lipinski definition) is 0. The van der Waals surface area contributed by atoms with Crippen LogP contribution < -0.4 is 4.90 Å². The number of fused-ring (bicyclic) bond motifs is 1. The second-order valence-corrected chi connectivity index (χ2v) is 4.81. The molecule has 1 aromatic carbocycles. The van der Waals surface area contributed by atoms with Crippen LogP contribution >= 0.6 is 23.2 Å². The average molecular weight is 293 g/mol. The summed E-state index contributed by atoms with van der Waals surface area (Å²) >= 11 is 11.8. The van der Waals surface area contributed by atoms with Crippen molar-refractivity contribution in [2.24, 2.45) is 0 Å². The minimum absolute atomic E-state index is 0.245. The van der Waals surface area contributed by atoms with Gasteiger partial charge in [-0.1, -0.05) is 23.2 Å². The Morgan fingerprint density at radius 2 is 1.74 bits per heavy atom. The molecule has 0 spiro atoms. The van der Waals surface area contributed by atoms with E-state index in [0.717, 1.165) is 4.90 Å². The number of halogens is 2. The van der Waals surface area contributed by atoms with Crippen molar-refractivity contribution in [3.63, 3.8) is 0 Å². The van der Waals surface area contributed by atoms with E-state index in [0.29, 0.717) is 16.3 Å². The second-order valence-electron chi connectivity index (χ2n) is 3.96. The molecular formula is C13H6Cl2N2O2. The molecule has 6 heteroatoms. The van der Waals surface area contributed by atoms with Crippen molar-refractivity contribution >= 4 is 40.7 Å². The Balaban J connectivity index is 2.14. The van der Waals surface area contributed by atoms with Crippen molar-refractivity contribution in [2.45, 2.75) is 0 Å². The Morgan fingerprint density at radius 1 is 1.00 bits per heavy atom. The van der Waals surface area contributed by atoms with Crippen LogP contribution in [0.2, 0.25) is 10.0 Å². The van der Waals surface area contributed by atoms with E-state index in [9.17, 15) is 9.59 Å². The van der Waals surface area contributed by atoms with Gasteiger partial charge in [0.2, 0.25) is 0 Å². The highest BCUT2D eigenvalue weighted by Gasteiger charge is 2.37. The van der Waals surface area contributed by atoms with Crippen LogP contribution in [0.25, 0.3) is 0 Å². The first-order chi connectivity index (χ1) is 9.09. The van der Waals surface area contributed by atoms with E-state index >= 15 is 0 Å². The van der Waals surface area contributed by atoms with Gasteiger partial charge in [-0.05, 0) is 24.3 Å². The van der Waals surface area contributed by atoms with Gasteiger partial charge in [-0.15, -0.1) is 0 Å². The van der Waals surface area contributed by atoms with Crippen molar-refractivity contribution < 1.29 is 9.59 Å². The number of aromatic nitrogens is 1. The third-order valence-electron chi connectivity index (χ3n) is 2.84. The van der Waals surface area contributed by atoms with Crippen LogP contribution in [0.5, 0.6) is 0 Å². The largest absolute Gasteiger partial charge is 0.268 e. The van der Waals surface area contributed by atoms with Crippen LogP contribution in [-0.4, -0.2) is 16.8 Å². The lowest BCUT2D eigenvalue weighted by Gasteiger charge is -2.15. The maximum atomic E-state index is 12.2. The smallest absolute Gasteiger partial charge is 0.267 e. The number of carbonyl (C=O) groups excluding carboxylic acids is 2. The molecule has 4 nitrogen and oxygen atoms in total. The summed E-state index contributed by atoms with van der Waals surface area (Å²) < 4.78 is 0. The Bertz CT molecular complexity index is 681. The summed E-state index contributed by atoms with van der Waals surface area (Å²) in [4.78, 5) is 29.3. The zero-order valence-electron chi connectivity index (χ0n) is 9.43. The zero-order valence-corrected chi connectivity index (χ0v) is 10.9. The summed E-state index contributed by atoms with van der Waals surface area (Å²) in [5.41, 5.74) is 0.918. The molecule has 0 radical (unpaired) electrons. The molecule has 0 atom stereocenters. The van der Waals surface area contributed by atoms with Crippen molar-refractivity contribution in [2.75, 3.05) is 4.90 Å². The van der Waals surface area contributed by atoms with Crippen molar-refractivity contribution in [1.29, 1.82) is 0 Å². The Labute approximate surface area is 118 Å². The summed E-state index contributed by atoms with van der Waals surface area (Å²) in [6.07, 6.45) is 2.84. The highest BCUT2D eigenvalue weighted by Crippen LogP contribution is 2.34. The van der Waals surface area contributed by atoms with Gasteiger partial charge in [0.25, 0.3) is 11.8 Å². The van der Waals surface area contributed by atoms with E-state index in [1.54, 1.807) is 12.1 Å². The van der Waals surface area contributed by atoms with E-state index in [4.69, 9.17) is 23.2 Å². The monoisotopic (exact) mass is 292 g/mol. The SMILES string of the molecule is O=C1c2ccncc2C(=O)N1c1ccc(Cl)cc1Cl. The van der Waals surface area contributed by atoms with Crippen LogP contribution in [0.1, 0.15) is 20.7 Å². The van der Waals surface area contributed by atoms with Gasteiger partial charge in [-0.25, -0.2) is 4.90 Å². The number of rotatable bonds is 1. The van der Waals surface area contributed by atoms with Crippen molar-refractivity contribution in [1.82, 2.24) is 4.98 Å².